The number of ether oxygens (including phenoxy) is 2. The first-order valence-electron chi connectivity index (χ1n) is 12.3. The summed E-state index contributed by atoms with van der Waals surface area (Å²) in [5, 5.41) is 5.41. The van der Waals surface area contributed by atoms with Crippen LogP contribution < -0.4 is 10.6 Å². The van der Waals surface area contributed by atoms with Crippen molar-refractivity contribution in [3.05, 3.63) is 0 Å². The molecule has 0 aromatic rings. The number of Topliss-reactive ketones (excluding diaryl/α,β-unsaturated/α-hetero) is 1. The molecule has 34 heavy (non-hydrogen) atoms. The van der Waals surface area contributed by atoms with E-state index in [4.69, 9.17) is 9.47 Å². The number of amides is 2. The van der Waals surface area contributed by atoms with Crippen LogP contribution in [0.3, 0.4) is 0 Å². The third kappa shape index (κ3) is 11.3. The van der Waals surface area contributed by atoms with Crippen molar-refractivity contribution in [1.29, 1.82) is 0 Å². The number of rotatable bonds is 14. The minimum absolute atomic E-state index is 0.0804. The first-order chi connectivity index (χ1) is 15.7. The average molecular weight is 486 g/mol. The summed E-state index contributed by atoms with van der Waals surface area (Å²) in [5.41, 5.74) is -0.728. The number of carbonyl (C=O) groups is 4. The van der Waals surface area contributed by atoms with Gasteiger partial charge in [0.2, 0.25) is 5.91 Å². The molecule has 3 atom stereocenters. The number of ketones is 1. The molecule has 9 nitrogen and oxygen atoms in total. The normalized spacial score (nSPS) is 14.5. The van der Waals surface area contributed by atoms with Gasteiger partial charge in [-0.25, -0.2) is 9.59 Å². The average Bonchev–Trinajstić information content (AvgIpc) is 2.69. The zero-order valence-electron chi connectivity index (χ0n) is 22.8. The van der Waals surface area contributed by atoms with Gasteiger partial charge in [-0.05, 0) is 65.0 Å². The van der Waals surface area contributed by atoms with Crippen molar-refractivity contribution in [3.8, 4) is 0 Å². The van der Waals surface area contributed by atoms with Gasteiger partial charge in [0.1, 0.15) is 11.6 Å². The Morgan fingerprint density at radius 1 is 0.912 bits per heavy atom. The molecule has 2 amide bonds. The Bertz CT molecular complexity index is 666. The van der Waals surface area contributed by atoms with Crippen LogP contribution in [0.15, 0.2) is 0 Å². The van der Waals surface area contributed by atoms with Crippen molar-refractivity contribution >= 4 is 23.8 Å². The highest BCUT2D eigenvalue weighted by atomic mass is 16.6. The molecule has 0 aliphatic carbocycles. The lowest BCUT2D eigenvalue weighted by molar-refractivity contribution is -0.148. The molecule has 3 unspecified atom stereocenters. The largest absolute Gasteiger partial charge is 0.467 e. The SMILES string of the molecule is CCCN(CCC)C(C(=O)NC(C(=O)OC)C(C)C)C(=O)C(CC(C)C)NC(=O)OC(C)(C)C. The zero-order chi connectivity index (χ0) is 26.6. The molecule has 0 saturated heterocycles. The van der Waals surface area contributed by atoms with E-state index in [0.29, 0.717) is 19.5 Å². The van der Waals surface area contributed by atoms with Gasteiger partial charge < -0.3 is 20.1 Å². The molecule has 0 aliphatic heterocycles. The van der Waals surface area contributed by atoms with Crippen LogP contribution in [-0.2, 0) is 23.9 Å². The Labute approximate surface area is 205 Å². The lowest BCUT2D eigenvalue weighted by atomic mass is 9.94. The van der Waals surface area contributed by atoms with Crippen molar-refractivity contribution in [1.82, 2.24) is 15.5 Å². The molecule has 0 radical (unpaired) electrons. The van der Waals surface area contributed by atoms with Gasteiger partial charge in [0, 0.05) is 0 Å². The van der Waals surface area contributed by atoms with Gasteiger partial charge in [-0.1, -0.05) is 41.5 Å². The smallest absolute Gasteiger partial charge is 0.408 e. The highest BCUT2D eigenvalue weighted by Gasteiger charge is 2.40. The summed E-state index contributed by atoms with van der Waals surface area (Å²) in [6.45, 7) is 17.7. The van der Waals surface area contributed by atoms with Gasteiger partial charge in [-0.15, -0.1) is 0 Å². The van der Waals surface area contributed by atoms with E-state index in [0.717, 1.165) is 12.8 Å². The Kier molecular flexibility index (Phi) is 14.0. The molecule has 9 heteroatoms. The molecule has 0 heterocycles. The van der Waals surface area contributed by atoms with Crippen LogP contribution in [0.25, 0.3) is 0 Å². The van der Waals surface area contributed by atoms with Crippen LogP contribution in [0.2, 0.25) is 0 Å². The van der Waals surface area contributed by atoms with Crippen LogP contribution in [-0.4, -0.2) is 72.6 Å². The second-order valence-electron chi connectivity index (χ2n) is 10.4. The lowest BCUT2D eigenvalue weighted by Crippen LogP contribution is -2.60. The fourth-order valence-electron chi connectivity index (χ4n) is 3.63. The molecule has 198 valence electrons. The molecular formula is C25H47N3O6. The standard InChI is InChI=1S/C25H47N3O6/c1-11-13-28(14-12-2)20(22(30)27-19(17(5)6)23(31)33-10)21(29)18(15-16(3)4)26-24(32)34-25(7,8)9/h16-20H,11-15H2,1-10H3,(H,26,32)(H,27,30). The maximum Gasteiger partial charge on any atom is 0.408 e. The molecule has 0 aliphatic rings. The number of hydrogen-bond acceptors (Lipinski definition) is 7. The van der Waals surface area contributed by atoms with Crippen LogP contribution in [0, 0.1) is 11.8 Å². The van der Waals surface area contributed by atoms with Crippen molar-refractivity contribution in [2.24, 2.45) is 11.8 Å². The molecule has 0 fully saturated rings. The number of carbonyl (C=O) groups excluding carboxylic acids is 4. The summed E-state index contributed by atoms with van der Waals surface area (Å²) in [7, 11) is 1.26. The highest BCUT2D eigenvalue weighted by molar-refractivity contribution is 6.09. The quantitative estimate of drug-likeness (QED) is 0.287. The molecule has 0 aromatic carbocycles. The number of methoxy groups -OCH3 is 1. The van der Waals surface area contributed by atoms with Gasteiger partial charge in [-0.3, -0.25) is 14.5 Å². The molecule has 0 spiro atoms. The maximum absolute atomic E-state index is 13.8. The molecule has 0 saturated carbocycles. The highest BCUT2D eigenvalue weighted by Crippen LogP contribution is 2.16. The molecule has 0 aromatic heterocycles. The van der Waals surface area contributed by atoms with Crippen molar-refractivity contribution in [3.63, 3.8) is 0 Å². The predicted molar refractivity (Wildman–Crippen MR) is 132 cm³/mol. The van der Waals surface area contributed by atoms with E-state index in [1.807, 2.05) is 32.6 Å². The summed E-state index contributed by atoms with van der Waals surface area (Å²) in [5.74, 6) is -1.72. The van der Waals surface area contributed by atoms with E-state index >= 15 is 0 Å². The van der Waals surface area contributed by atoms with E-state index in [-0.39, 0.29) is 11.8 Å². The minimum atomic E-state index is -1.16. The van der Waals surface area contributed by atoms with E-state index in [9.17, 15) is 19.2 Å². The lowest BCUT2D eigenvalue weighted by Gasteiger charge is -2.34. The fraction of sp³-hybridized carbons (Fsp3) is 0.840. The van der Waals surface area contributed by atoms with Crippen molar-refractivity contribution < 1.29 is 28.7 Å². The van der Waals surface area contributed by atoms with E-state index < -0.39 is 47.5 Å². The van der Waals surface area contributed by atoms with Crippen LogP contribution >= 0.6 is 0 Å². The Morgan fingerprint density at radius 2 is 1.44 bits per heavy atom. The van der Waals surface area contributed by atoms with Gasteiger partial charge in [0.05, 0.1) is 13.2 Å². The summed E-state index contributed by atoms with van der Waals surface area (Å²) in [6.07, 6.45) is 1.10. The summed E-state index contributed by atoms with van der Waals surface area (Å²) in [6, 6.07) is -2.97. The summed E-state index contributed by atoms with van der Waals surface area (Å²) < 4.78 is 10.2. The predicted octanol–water partition coefficient (Wildman–Crippen LogP) is 3.30. The van der Waals surface area contributed by atoms with Gasteiger partial charge >= 0.3 is 12.1 Å². The van der Waals surface area contributed by atoms with Crippen LogP contribution in [0.4, 0.5) is 4.79 Å². The van der Waals surface area contributed by atoms with E-state index in [2.05, 4.69) is 10.6 Å². The van der Waals surface area contributed by atoms with Gasteiger partial charge in [-0.2, -0.15) is 0 Å². The second-order valence-corrected chi connectivity index (χ2v) is 10.4. The molecule has 0 rings (SSSR count). The number of esters is 1. The fourth-order valence-corrected chi connectivity index (χ4v) is 3.63. The number of hydrogen-bond donors (Lipinski definition) is 2. The van der Waals surface area contributed by atoms with Crippen molar-refractivity contribution in [2.75, 3.05) is 20.2 Å². The third-order valence-corrected chi connectivity index (χ3v) is 5.07. The second kappa shape index (κ2) is 15.0. The number of alkyl carbamates (subject to hydrolysis) is 1. The molecule has 0 bridgehead atoms. The van der Waals surface area contributed by atoms with E-state index in [1.165, 1.54) is 7.11 Å². The molecule has 2 N–H and O–H groups in total. The van der Waals surface area contributed by atoms with Gasteiger partial charge in [0.25, 0.3) is 0 Å². The Balaban J connectivity index is 6.18. The number of nitrogens with zero attached hydrogens (tertiary/aromatic N) is 1. The summed E-state index contributed by atoms with van der Waals surface area (Å²) in [4.78, 5) is 53.9. The van der Waals surface area contributed by atoms with Crippen LogP contribution in [0.5, 0.6) is 0 Å². The Morgan fingerprint density at radius 3 is 1.82 bits per heavy atom. The minimum Gasteiger partial charge on any atom is -0.467 e. The zero-order valence-corrected chi connectivity index (χ0v) is 22.8. The monoisotopic (exact) mass is 485 g/mol. The third-order valence-electron chi connectivity index (χ3n) is 5.07. The Hall–Kier alpha value is -2.16. The topological polar surface area (TPSA) is 114 Å². The van der Waals surface area contributed by atoms with Gasteiger partial charge in [0.15, 0.2) is 11.8 Å². The maximum atomic E-state index is 13.8. The van der Waals surface area contributed by atoms with Crippen molar-refractivity contribution in [2.45, 2.75) is 105 Å². The van der Waals surface area contributed by atoms with Crippen LogP contribution in [0.1, 0.15) is 81.6 Å². The first kappa shape index (κ1) is 31.8. The molecular weight excluding hydrogens is 438 g/mol. The number of nitrogens with one attached hydrogen (secondary N) is 2. The van der Waals surface area contributed by atoms with E-state index in [1.54, 1.807) is 34.6 Å². The first-order valence-corrected chi connectivity index (χ1v) is 12.3. The summed E-state index contributed by atoms with van der Waals surface area (Å²) >= 11 is 0.